The molecule has 0 saturated carbocycles. The van der Waals surface area contributed by atoms with Crippen LogP contribution in [0.1, 0.15) is 46.6 Å². The number of benzene rings is 1. The average molecular weight is 524 g/mol. The molecule has 0 bridgehead atoms. The molecular formula is C29H37NO6Si. The molecule has 1 atom stereocenters. The van der Waals surface area contributed by atoms with Crippen molar-refractivity contribution < 1.29 is 28.2 Å². The number of carbonyl (C=O) groups is 2. The van der Waals surface area contributed by atoms with E-state index in [9.17, 15) is 14.9 Å². The van der Waals surface area contributed by atoms with Crippen LogP contribution in [0, 0.1) is 27.6 Å². The molecule has 1 fully saturated rings. The lowest BCUT2D eigenvalue weighted by Crippen LogP contribution is -2.48. The summed E-state index contributed by atoms with van der Waals surface area (Å²) in [5, 5.41) is 9.45. The highest BCUT2D eigenvalue weighted by Crippen LogP contribution is 2.45. The first-order valence-corrected chi connectivity index (χ1v) is 14.5. The minimum Gasteiger partial charge on any atom is -0.547 e. The molecule has 0 N–H and O–H groups in total. The smallest absolute Gasteiger partial charge is 0.216 e. The van der Waals surface area contributed by atoms with Gasteiger partial charge in [0.2, 0.25) is 15.6 Å². The molecule has 1 heterocycles. The second-order valence-electron chi connectivity index (χ2n) is 10.9. The van der Waals surface area contributed by atoms with Crippen molar-refractivity contribution in [2.45, 2.75) is 53.4 Å². The second-order valence-corrected chi connectivity index (χ2v) is 11.8. The van der Waals surface area contributed by atoms with Gasteiger partial charge in [-0.25, -0.2) is 0 Å². The zero-order valence-corrected chi connectivity index (χ0v) is 24.3. The molecule has 1 saturated heterocycles. The SMILES string of the molecule is COc1cc(/C=C/C2(C(C)(C)C(=O)/C=C/[C@@]3(C)C=C(C#N)C(=O)C(C)(C)C3)OCCO2)ccc1O[SiH2]C. The molecule has 1 aromatic rings. The summed E-state index contributed by atoms with van der Waals surface area (Å²) < 4.78 is 23.3. The first kappa shape index (κ1) is 28.6. The number of hydrogen-bond donors (Lipinski definition) is 0. The van der Waals surface area contributed by atoms with Crippen molar-refractivity contribution in [2.24, 2.45) is 16.2 Å². The Kier molecular flexibility index (Phi) is 8.33. The van der Waals surface area contributed by atoms with Crippen LogP contribution in [0.2, 0.25) is 6.55 Å². The molecule has 8 heteroatoms. The van der Waals surface area contributed by atoms with Crippen LogP contribution in [0.5, 0.6) is 11.5 Å². The molecule has 0 amide bonds. The van der Waals surface area contributed by atoms with Gasteiger partial charge in [0.25, 0.3) is 0 Å². The third-order valence-corrected chi connectivity index (χ3v) is 7.68. The summed E-state index contributed by atoms with van der Waals surface area (Å²) in [5.74, 6) is -0.256. The zero-order valence-electron chi connectivity index (χ0n) is 22.8. The number of Topliss-reactive ketones (excluding diaryl/α,β-unsaturated/α-hetero) is 1. The van der Waals surface area contributed by atoms with Gasteiger partial charge in [0.15, 0.2) is 17.3 Å². The van der Waals surface area contributed by atoms with Gasteiger partial charge in [-0.1, -0.05) is 45.1 Å². The summed E-state index contributed by atoms with van der Waals surface area (Å²) >= 11 is 0. The summed E-state index contributed by atoms with van der Waals surface area (Å²) in [4.78, 5) is 26.1. The monoisotopic (exact) mass is 523 g/mol. The van der Waals surface area contributed by atoms with E-state index in [-0.39, 0.29) is 17.1 Å². The molecule has 2 aliphatic rings. The van der Waals surface area contributed by atoms with Crippen LogP contribution >= 0.6 is 0 Å². The maximum Gasteiger partial charge on any atom is 0.216 e. The Balaban J connectivity index is 1.89. The van der Waals surface area contributed by atoms with Crippen LogP contribution in [-0.4, -0.2) is 47.4 Å². The van der Waals surface area contributed by atoms with E-state index < -0.39 is 31.8 Å². The number of rotatable bonds is 9. The molecule has 7 nitrogen and oxygen atoms in total. The Labute approximate surface area is 222 Å². The maximum atomic E-state index is 13.6. The van der Waals surface area contributed by atoms with E-state index >= 15 is 0 Å². The molecule has 0 radical (unpaired) electrons. The topological polar surface area (TPSA) is 94.9 Å². The van der Waals surface area contributed by atoms with E-state index in [0.29, 0.717) is 31.1 Å². The van der Waals surface area contributed by atoms with E-state index in [1.165, 1.54) is 6.08 Å². The maximum absolute atomic E-state index is 13.6. The third-order valence-electron chi connectivity index (χ3n) is 7.08. The van der Waals surface area contributed by atoms with Crippen molar-refractivity contribution in [3.05, 3.63) is 53.6 Å². The van der Waals surface area contributed by atoms with Crippen molar-refractivity contribution in [1.82, 2.24) is 0 Å². The van der Waals surface area contributed by atoms with Crippen molar-refractivity contribution in [2.75, 3.05) is 20.3 Å². The van der Waals surface area contributed by atoms with Gasteiger partial charge in [0.1, 0.15) is 11.8 Å². The predicted molar refractivity (Wildman–Crippen MR) is 145 cm³/mol. The largest absolute Gasteiger partial charge is 0.547 e. The molecule has 0 spiro atoms. The van der Waals surface area contributed by atoms with E-state index in [4.69, 9.17) is 18.6 Å². The normalized spacial score (nSPS) is 23.5. The number of carbonyl (C=O) groups excluding carboxylic acids is 2. The van der Waals surface area contributed by atoms with Crippen molar-refractivity contribution in [3.8, 4) is 17.6 Å². The van der Waals surface area contributed by atoms with Crippen LogP contribution in [0.25, 0.3) is 6.08 Å². The molecule has 1 aromatic carbocycles. The van der Waals surface area contributed by atoms with Crippen LogP contribution in [0.4, 0.5) is 0 Å². The number of hydrogen-bond acceptors (Lipinski definition) is 7. The molecule has 0 unspecified atom stereocenters. The fourth-order valence-corrected chi connectivity index (χ4v) is 5.59. The van der Waals surface area contributed by atoms with Gasteiger partial charge in [-0.2, -0.15) is 5.26 Å². The molecule has 1 aliphatic carbocycles. The van der Waals surface area contributed by atoms with E-state index in [2.05, 4.69) is 0 Å². The van der Waals surface area contributed by atoms with Gasteiger partial charge >= 0.3 is 0 Å². The standard InChI is InChI=1S/C29H37NO6Si/c1-26(2)19-28(5,17-21(18-30)25(26)32)12-11-24(31)27(3,4)29(34-14-15-35-29)13-10-20-8-9-22(36-37-7)23(16-20)33-6/h8-13,16-17H,14-15,19,37H2,1-7H3/b12-11+,13-10+/t28-/m0/s1. The zero-order chi connectivity index (χ0) is 27.5. The molecule has 1 aliphatic heterocycles. The van der Waals surface area contributed by atoms with E-state index in [1.807, 2.05) is 57.7 Å². The van der Waals surface area contributed by atoms with Gasteiger partial charge in [0, 0.05) is 10.8 Å². The minimum atomic E-state index is -1.26. The number of ether oxygens (including phenoxy) is 3. The molecule has 0 aromatic heterocycles. The molecule has 198 valence electrons. The fourth-order valence-electron chi connectivity index (χ4n) is 5.04. The first-order chi connectivity index (χ1) is 17.3. The lowest BCUT2D eigenvalue weighted by Gasteiger charge is -2.39. The summed E-state index contributed by atoms with van der Waals surface area (Å²) in [6.07, 6.45) is 9.12. The Morgan fingerprint density at radius 3 is 2.43 bits per heavy atom. The summed E-state index contributed by atoms with van der Waals surface area (Å²) in [6.45, 7) is 12.0. The highest BCUT2D eigenvalue weighted by Gasteiger charge is 2.52. The lowest BCUT2D eigenvalue weighted by atomic mass is 9.65. The molecule has 3 rings (SSSR count). The van der Waals surface area contributed by atoms with Crippen molar-refractivity contribution >= 4 is 27.4 Å². The Hall–Kier alpha value is -2.99. The average Bonchev–Trinajstić information content (AvgIpc) is 3.35. The van der Waals surface area contributed by atoms with Crippen molar-refractivity contribution in [1.29, 1.82) is 5.26 Å². The quantitative estimate of drug-likeness (QED) is 0.346. The van der Waals surface area contributed by atoms with Crippen LogP contribution in [0.15, 0.2) is 48.1 Å². The summed E-state index contributed by atoms with van der Waals surface area (Å²) in [7, 11) is 0.965. The van der Waals surface area contributed by atoms with Gasteiger partial charge < -0.3 is 18.6 Å². The lowest BCUT2D eigenvalue weighted by molar-refractivity contribution is -0.191. The van der Waals surface area contributed by atoms with Crippen LogP contribution in [0.3, 0.4) is 0 Å². The Bertz CT molecular complexity index is 1180. The van der Waals surface area contributed by atoms with Crippen molar-refractivity contribution in [3.63, 3.8) is 0 Å². The predicted octanol–water partition coefficient (Wildman–Crippen LogP) is 4.57. The number of allylic oxidation sites excluding steroid dienone is 4. The van der Waals surface area contributed by atoms with Gasteiger partial charge in [-0.3, -0.25) is 9.59 Å². The Morgan fingerprint density at radius 1 is 1.16 bits per heavy atom. The van der Waals surface area contributed by atoms with Crippen LogP contribution in [-0.2, 0) is 19.1 Å². The molecule has 37 heavy (non-hydrogen) atoms. The minimum absolute atomic E-state index is 0.130. The van der Waals surface area contributed by atoms with Gasteiger partial charge in [-0.15, -0.1) is 0 Å². The van der Waals surface area contributed by atoms with E-state index in [0.717, 1.165) is 5.56 Å². The van der Waals surface area contributed by atoms with Gasteiger partial charge in [0.05, 0.1) is 31.3 Å². The van der Waals surface area contributed by atoms with E-state index in [1.54, 1.807) is 39.2 Å². The fraction of sp³-hybridized carbons (Fsp3) is 0.483. The van der Waals surface area contributed by atoms with Crippen LogP contribution < -0.4 is 9.16 Å². The number of nitriles is 1. The Morgan fingerprint density at radius 2 is 1.84 bits per heavy atom. The van der Waals surface area contributed by atoms with Gasteiger partial charge in [-0.05, 0) is 56.7 Å². The number of ketones is 2. The number of nitrogens with zero attached hydrogens (tertiary/aromatic N) is 1. The third kappa shape index (κ3) is 5.79. The first-order valence-electron chi connectivity index (χ1n) is 12.5. The second kappa shape index (κ2) is 10.8. The summed E-state index contributed by atoms with van der Waals surface area (Å²) in [6, 6.07) is 7.68. The number of methoxy groups -OCH3 is 1. The summed E-state index contributed by atoms with van der Waals surface area (Å²) in [5.41, 5.74) is -1.38. The highest BCUT2D eigenvalue weighted by molar-refractivity contribution is 6.26. The molecular weight excluding hydrogens is 486 g/mol. The highest BCUT2D eigenvalue weighted by atomic mass is 28.2.